The second kappa shape index (κ2) is 8.30. The van der Waals surface area contributed by atoms with E-state index in [0.717, 1.165) is 22.2 Å². The number of hydrogen-bond acceptors (Lipinski definition) is 6. The van der Waals surface area contributed by atoms with E-state index in [0.29, 0.717) is 16.6 Å². The second-order valence-electron chi connectivity index (χ2n) is 6.84. The number of thioether (sulfide) groups is 1. The van der Waals surface area contributed by atoms with Crippen LogP contribution in [0.2, 0.25) is 5.02 Å². The number of carbonyl (C=O) groups is 1. The molecule has 0 radical (unpaired) electrons. The van der Waals surface area contributed by atoms with Gasteiger partial charge >= 0.3 is 0 Å². The van der Waals surface area contributed by atoms with Crippen molar-refractivity contribution in [2.45, 2.75) is 17.6 Å². The molecule has 2 aromatic carbocycles. The number of fused-ring (bicyclic) bond motifs is 1. The molecule has 0 spiro atoms. The number of sulfone groups is 1. The van der Waals surface area contributed by atoms with Crippen molar-refractivity contribution < 1.29 is 13.2 Å². The van der Waals surface area contributed by atoms with Crippen molar-refractivity contribution in [3.63, 3.8) is 0 Å². The van der Waals surface area contributed by atoms with Gasteiger partial charge in [-0.05, 0) is 24.6 Å². The average molecular weight is 448 g/mol. The molecule has 6 nitrogen and oxygen atoms in total. The fourth-order valence-electron chi connectivity index (χ4n) is 3.27. The molecule has 1 aliphatic heterocycles. The summed E-state index contributed by atoms with van der Waals surface area (Å²) in [5, 5.41) is 4.71. The molecule has 29 heavy (non-hydrogen) atoms. The molecule has 0 bridgehead atoms. The Labute approximate surface area is 178 Å². The van der Waals surface area contributed by atoms with E-state index in [1.165, 1.54) is 11.8 Å². The van der Waals surface area contributed by atoms with Crippen molar-refractivity contribution in [3.05, 3.63) is 53.6 Å². The highest BCUT2D eigenvalue weighted by atomic mass is 35.5. The lowest BCUT2D eigenvalue weighted by molar-refractivity contribution is -0.119. The quantitative estimate of drug-likeness (QED) is 0.476. The summed E-state index contributed by atoms with van der Waals surface area (Å²) in [6, 6.07) is 14.9. The molecule has 4 rings (SSSR count). The number of nitrogens with one attached hydrogen (secondary N) is 1. The maximum absolute atomic E-state index is 12.2. The smallest absolute Gasteiger partial charge is 0.230 e. The van der Waals surface area contributed by atoms with Crippen LogP contribution in [0.1, 0.15) is 6.42 Å². The molecule has 0 saturated carbocycles. The number of aromatic nitrogens is 2. The van der Waals surface area contributed by atoms with E-state index in [1.54, 1.807) is 6.07 Å². The molecule has 1 fully saturated rings. The van der Waals surface area contributed by atoms with Crippen LogP contribution in [0.3, 0.4) is 0 Å². The molecule has 2 heterocycles. The molecular formula is C20H18ClN3O3S2. The van der Waals surface area contributed by atoms with Gasteiger partial charge in [0.2, 0.25) is 5.91 Å². The maximum atomic E-state index is 12.2. The van der Waals surface area contributed by atoms with Crippen molar-refractivity contribution in [2.75, 3.05) is 17.3 Å². The van der Waals surface area contributed by atoms with E-state index in [2.05, 4.69) is 15.3 Å². The Kier molecular flexibility index (Phi) is 5.76. The van der Waals surface area contributed by atoms with Crippen LogP contribution >= 0.6 is 23.4 Å². The summed E-state index contributed by atoms with van der Waals surface area (Å²) in [6.07, 6.45) is 0.462. The standard InChI is InChI=1S/C20H18ClN3O3S2/c21-14-6-7-17-16(10-14)19(13-4-2-1-3-5-13)24-20(23-17)28-11-18(25)22-15-8-9-29(26,27)12-15/h1-7,10,15H,8-9,11-12H2,(H,22,25)/t15-/m0/s1. The maximum Gasteiger partial charge on any atom is 0.230 e. The fourth-order valence-corrected chi connectivity index (χ4v) is 5.78. The number of rotatable bonds is 5. The number of carbonyl (C=O) groups excluding carboxylic acids is 1. The third kappa shape index (κ3) is 4.88. The van der Waals surface area contributed by atoms with Crippen molar-refractivity contribution >= 4 is 50.0 Å². The third-order valence-corrected chi connectivity index (χ3v) is 7.46. The SMILES string of the molecule is O=C(CSc1nc(-c2ccccc2)c2cc(Cl)ccc2n1)N[C@H]1CCS(=O)(=O)C1. The van der Waals surface area contributed by atoms with E-state index >= 15 is 0 Å². The summed E-state index contributed by atoms with van der Waals surface area (Å²) in [6.45, 7) is 0. The van der Waals surface area contributed by atoms with Gasteiger partial charge in [-0.1, -0.05) is 53.7 Å². The first-order chi connectivity index (χ1) is 13.9. The number of benzene rings is 2. The van der Waals surface area contributed by atoms with Crippen LogP contribution < -0.4 is 5.32 Å². The lowest BCUT2D eigenvalue weighted by Gasteiger charge is -2.11. The van der Waals surface area contributed by atoms with Crippen molar-refractivity contribution in [1.29, 1.82) is 0 Å². The molecular weight excluding hydrogens is 430 g/mol. The second-order valence-corrected chi connectivity index (χ2v) is 10.4. The molecule has 1 saturated heterocycles. The van der Waals surface area contributed by atoms with Crippen LogP contribution in [0.15, 0.2) is 53.7 Å². The number of amides is 1. The topological polar surface area (TPSA) is 89.0 Å². The fraction of sp³-hybridized carbons (Fsp3) is 0.250. The van der Waals surface area contributed by atoms with E-state index in [1.807, 2.05) is 42.5 Å². The van der Waals surface area contributed by atoms with E-state index < -0.39 is 9.84 Å². The van der Waals surface area contributed by atoms with Gasteiger partial charge in [-0.3, -0.25) is 4.79 Å². The molecule has 1 amide bonds. The zero-order valence-corrected chi connectivity index (χ0v) is 17.7. The van der Waals surface area contributed by atoms with Gasteiger partial charge in [0.05, 0.1) is 28.5 Å². The Morgan fingerprint density at radius 3 is 2.69 bits per heavy atom. The number of nitrogens with zero attached hydrogens (tertiary/aromatic N) is 2. The molecule has 3 aromatic rings. The Morgan fingerprint density at radius 2 is 1.97 bits per heavy atom. The summed E-state index contributed by atoms with van der Waals surface area (Å²) in [5.41, 5.74) is 2.43. The van der Waals surface area contributed by atoms with Crippen molar-refractivity contribution in [3.8, 4) is 11.3 Å². The van der Waals surface area contributed by atoms with Crippen LogP contribution in [0.25, 0.3) is 22.2 Å². The highest BCUT2D eigenvalue weighted by Gasteiger charge is 2.28. The van der Waals surface area contributed by atoms with Crippen LogP contribution in [0.5, 0.6) is 0 Å². The first kappa shape index (κ1) is 20.1. The van der Waals surface area contributed by atoms with Crippen LogP contribution in [0.4, 0.5) is 0 Å². The highest BCUT2D eigenvalue weighted by molar-refractivity contribution is 7.99. The molecule has 9 heteroatoms. The van der Waals surface area contributed by atoms with Gasteiger partial charge in [0.25, 0.3) is 0 Å². The normalized spacial score (nSPS) is 18.0. The lowest BCUT2D eigenvalue weighted by Crippen LogP contribution is -2.36. The molecule has 0 aliphatic carbocycles. The van der Waals surface area contributed by atoms with Crippen LogP contribution in [-0.4, -0.2) is 47.6 Å². The minimum Gasteiger partial charge on any atom is -0.352 e. The molecule has 1 N–H and O–H groups in total. The summed E-state index contributed by atoms with van der Waals surface area (Å²) < 4.78 is 23.1. The summed E-state index contributed by atoms with van der Waals surface area (Å²) >= 11 is 7.39. The van der Waals surface area contributed by atoms with Gasteiger partial charge in [-0.15, -0.1) is 0 Å². The molecule has 1 aromatic heterocycles. The third-order valence-electron chi connectivity index (χ3n) is 4.61. The predicted molar refractivity (Wildman–Crippen MR) is 116 cm³/mol. The van der Waals surface area contributed by atoms with Gasteiger partial charge in [0.15, 0.2) is 15.0 Å². The Morgan fingerprint density at radius 1 is 1.17 bits per heavy atom. The Hall–Kier alpha value is -2.16. The average Bonchev–Trinajstić information content (AvgIpc) is 3.04. The van der Waals surface area contributed by atoms with E-state index in [9.17, 15) is 13.2 Å². The van der Waals surface area contributed by atoms with Gasteiger partial charge in [0, 0.05) is 22.0 Å². The number of hydrogen-bond donors (Lipinski definition) is 1. The monoisotopic (exact) mass is 447 g/mol. The van der Waals surface area contributed by atoms with Gasteiger partial charge in [-0.25, -0.2) is 18.4 Å². The highest BCUT2D eigenvalue weighted by Crippen LogP contribution is 2.30. The van der Waals surface area contributed by atoms with E-state index in [-0.39, 0.29) is 29.2 Å². The Balaban J connectivity index is 1.55. The zero-order valence-electron chi connectivity index (χ0n) is 15.3. The van der Waals surface area contributed by atoms with Gasteiger partial charge < -0.3 is 5.32 Å². The van der Waals surface area contributed by atoms with Gasteiger partial charge in [0.1, 0.15) is 0 Å². The molecule has 150 valence electrons. The van der Waals surface area contributed by atoms with Crippen LogP contribution in [0, 0.1) is 0 Å². The molecule has 0 unspecified atom stereocenters. The summed E-state index contributed by atoms with van der Waals surface area (Å²) in [5.74, 6) is 0.0266. The van der Waals surface area contributed by atoms with Crippen LogP contribution in [-0.2, 0) is 14.6 Å². The molecule has 1 aliphatic rings. The summed E-state index contributed by atoms with van der Waals surface area (Å²) in [7, 11) is -3.03. The van der Waals surface area contributed by atoms with Crippen molar-refractivity contribution in [2.24, 2.45) is 0 Å². The predicted octanol–water partition coefficient (Wildman–Crippen LogP) is 3.35. The summed E-state index contributed by atoms with van der Waals surface area (Å²) in [4.78, 5) is 21.4. The number of halogens is 1. The minimum absolute atomic E-state index is 0.00873. The zero-order chi connectivity index (χ0) is 20.4. The minimum atomic E-state index is -3.03. The largest absolute Gasteiger partial charge is 0.352 e. The van der Waals surface area contributed by atoms with Gasteiger partial charge in [-0.2, -0.15) is 0 Å². The first-order valence-electron chi connectivity index (χ1n) is 9.05. The lowest BCUT2D eigenvalue weighted by atomic mass is 10.1. The molecule has 1 atom stereocenters. The first-order valence-corrected chi connectivity index (χ1v) is 12.2. The Bertz CT molecular complexity index is 1170. The van der Waals surface area contributed by atoms with Crippen molar-refractivity contribution in [1.82, 2.24) is 15.3 Å². The van der Waals surface area contributed by atoms with E-state index in [4.69, 9.17) is 11.6 Å².